The van der Waals surface area contributed by atoms with Gasteiger partial charge in [-0.3, -0.25) is 0 Å². The summed E-state index contributed by atoms with van der Waals surface area (Å²) in [4.78, 5) is 0. The molecule has 3 heteroatoms. The third kappa shape index (κ3) is 1.19. The lowest BCUT2D eigenvalue weighted by atomic mass is 10.0. The Hall–Kier alpha value is -0.0500. The van der Waals surface area contributed by atoms with E-state index in [2.05, 4.69) is 0 Å². The van der Waals surface area contributed by atoms with Gasteiger partial charge in [0.25, 0.3) is 0 Å². The van der Waals surface area contributed by atoms with Crippen molar-refractivity contribution in [2.24, 2.45) is 0 Å². The number of fused-ring (bicyclic) bond motifs is 1. The van der Waals surface area contributed by atoms with E-state index >= 15 is 0 Å². The molecular formula is C8H14O2S. The summed E-state index contributed by atoms with van der Waals surface area (Å²) >= 11 is 0. The van der Waals surface area contributed by atoms with E-state index in [1.165, 1.54) is 12.8 Å². The fourth-order valence-electron chi connectivity index (χ4n) is 2.13. The van der Waals surface area contributed by atoms with Crippen LogP contribution in [0, 0.1) is 0 Å². The number of sulfone groups is 1. The third-order valence-electron chi connectivity index (χ3n) is 2.91. The Morgan fingerprint density at radius 2 is 1.27 bits per heavy atom. The Labute approximate surface area is 67.9 Å². The minimum absolute atomic E-state index is 0.0720. The van der Waals surface area contributed by atoms with Crippen LogP contribution < -0.4 is 0 Å². The van der Waals surface area contributed by atoms with Crippen molar-refractivity contribution in [1.29, 1.82) is 0 Å². The molecule has 11 heavy (non-hydrogen) atoms. The third-order valence-corrected chi connectivity index (χ3v) is 5.41. The zero-order chi connectivity index (χ0) is 7.90. The van der Waals surface area contributed by atoms with Crippen LogP contribution in [0.3, 0.4) is 0 Å². The van der Waals surface area contributed by atoms with Crippen LogP contribution >= 0.6 is 0 Å². The molecule has 0 bridgehead atoms. The van der Waals surface area contributed by atoms with Gasteiger partial charge in [-0.2, -0.15) is 0 Å². The Balaban J connectivity index is 2.07. The first-order chi connectivity index (χ1) is 5.23. The smallest absolute Gasteiger partial charge is 0.158 e. The maximum Gasteiger partial charge on any atom is 0.158 e. The summed E-state index contributed by atoms with van der Waals surface area (Å²) in [7, 11) is -2.58. The van der Waals surface area contributed by atoms with Crippen LogP contribution in [0.15, 0.2) is 0 Å². The van der Waals surface area contributed by atoms with E-state index in [-0.39, 0.29) is 10.5 Å². The van der Waals surface area contributed by atoms with Crippen LogP contribution in [0.4, 0.5) is 0 Å². The molecule has 0 aromatic carbocycles. The van der Waals surface area contributed by atoms with Crippen molar-refractivity contribution in [3.05, 3.63) is 0 Å². The van der Waals surface area contributed by atoms with E-state index in [9.17, 15) is 8.42 Å². The SMILES string of the molecule is O=S1(=O)C2CCCCCCC21. The zero-order valence-corrected chi connectivity index (χ0v) is 7.44. The Kier molecular flexibility index (Phi) is 1.71. The van der Waals surface area contributed by atoms with E-state index in [1.54, 1.807) is 0 Å². The van der Waals surface area contributed by atoms with Gasteiger partial charge in [0.05, 0.1) is 10.5 Å². The lowest BCUT2D eigenvalue weighted by molar-refractivity contribution is 0.551. The first-order valence-electron chi connectivity index (χ1n) is 4.45. The molecule has 0 N–H and O–H groups in total. The highest BCUT2D eigenvalue weighted by molar-refractivity contribution is 7.99. The number of hydrogen-bond donors (Lipinski definition) is 0. The topological polar surface area (TPSA) is 34.1 Å². The predicted octanol–water partition coefficient (Wildman–Crippen LogP) is 1.51. The molecule has 1 aliphatic carbocycles. The Morgan fingerprint density at radius 1 is 0.818 bits per heavy atom. The zero-order valence-electron chi connectivity index (χ0n) is 6.62. The van der Waals surface area contributed by atoms with Crippen LogP contribution in [-0.4, -0.2) is 18.9 Å². The van der Waals surface area contributed by atoms with Crippen LogP contribution in [0.25, 0.3) is 0 Å². The fourth-order valence-corrected chi connectivity index (χ4v) is 4.42. The summed E-state index contributed by atoms with van der Waals surface area (Å²) in [6, 6.07) is 0. The van der Waals surface area contributed by atoms with Crippen molar-refractivity contribution in [1.82, 2.24) is 0 Å². The van der Waals surface area contributed by atoms with E-state index < -0.39 is 9.84 Å². The van der Waals surface area contributed by atoms with E-state index in [0.29, 0.717) is 0 Å². The van der Waals surface area contributed by atoms with Crippen molar-refractivity contribution in [2.45, 2.75) is 49.0 Å². The minimum Gasteiger partial charge on any atom is -0.228 e. The van der Waals surface area contributed by atoms with Crippen molar-refractivity contribution in [2.75, 3.05) is 0 Å². The summed E-state index contributed by atoms with van der Waals surface area (Å²) in [5.41, 5.74) is 0. The van der Waals surface area contributed by atoms with Gasteiger partial charge in [-0.1, -0.05) is 25.7 Å². The molecule has 2 unspecified atom stereocenters. The highest BCUT2D eigenvalue weighted by Crippen LogP contribution is 2.41. The van der Waals surface area contributed by atoms with Crippen molar-refractivity contribution in [3.63, 3.8) is 0 Å². The fraction of sp³-hybridized carbons (Fsp3) is 1.00. The van der Waals surface area contributed by atoms with Gasteiger partial charge in [-0.25, -0.2) is 8.42 Å². The monoisotopic (exact) mass is 174 g/mol. The summed E-state index contributed by atoms with van der Waals surface area (Å²) in [5.74, 6) is 0. The molecule has 1 saturated heterocycles. The molecule has 0 aromatic heterocycles. The second-order valence-electron chi connectivity index (χ2n) is 3.66. The molecule has 0 radical (unpaired) electrons. The largest absolute Gasteiger partial charge is 0.228 e. The molecule has 1 saturated carbocycles. The minimum atomic E-state index is -2.58. The molecule has 0 aromatic rings. The van der Waals surface area contributed by atoms with Crippen molar-refractivity contribution < 1.29 is 8.42 Å². The van der Waals surface area contributed by atoms with Crippen molar-refractivity contribution >= 4 is 9.84 Å². The van der Waals surface area contributed by atoms with Crippen LogP contribution in [-0.2, 0) is 9.84 Å². The number of rotatable bonds is 0. The molecule has 2 atom stereocenters. The lowest BCUT2D eigenvalue weighted by Crippen LogP contribution is -1.97. The van der Waals surface area contributed by atoms with E-state index in [1.807, 2.05) is 0 Å². The summed E-state index contributed by atoms with van der Waals surface area (Å²) < 4.78 is 22.4. The molecule has 0 spiro atoms. The maximum atomic E-state index is 11.2. The lowest BCUT2D eigenvalue weighted by Gasteiger charge is -2.02. The van der Waals surface area contributed by atoms with Gasteiger partial charge in [0.15, 0.2) is 9.84 Å². The van der Waals surface area contributed by atoms with Crippen LogP contribution in [0.1, 0.15) is 38.5 Å². The first kappa shape index (κ1) is 7.59. The van der Waals surface area contributed by atoms with Gasteiger partial charge < -0.3 is 0 Å². The molecule has 2 aliphatic rings. The average molecular weight is 174 g/mol. The second-order valence-corrected chi connectivity index (χ2v) is 6.05. The Morgan fingerprint density at radius 3 is 1.73 bits per heavy atom. The van der Waals surface area contributed by atoms with Crippen molar-refractivity contribution in [3.8, 4) is 0 Å². The summed E-state index contributed by atoms with van der Waals surface area (Å²) in [6.45, 7) is 0. The Bertz CT molecular complexity index is 223. The van der Waals surface area contributed by atoms with Crippen LogP contribution in [0.5, 0.6) is 0 Å². The van der Waals surface area contributed by atoms with E-state index in [0.717, 1.165) is 25.7 Å². The van der Waals surface area contributed by atoms with Gasteiger partial charge in [0, 0.05) is 0 Å². The molecule has 1 aliphatic heterocycles. The van der Waals surface area contributed by atoms with Crippen LogP contribution in [0.2, 0.25) is 0 Å². The molecule has 2 fully saturated rings. The molecule has 0 amide bonds. The van der Waals surface area contributed by atoms with E-state index in [4.69, 9.17) is 0 Å². The van der Waals surface area contributed by atoms with Gasteiger partial charge >= 0.3 is 0 Å². The number of hydrogen-bond acceptors (Lipinski definition) is 2. The quantitative estimate of drug-likeness (QED) is 0.522. The van der Waals surface area contributed by atoms with Gasteiger partial charge in [0.1, 0.15) is 0 Å². The van der Waals surface area contributed by atoms with Gasteiger partial charge in [-0.05, 0) is 12.8 Å². The second kappa shape index (κ2) is 2.47. The standard InChI is InChI=1S/C8H14O2S/c9-11(10)7-5-3-1-2-4-6-8(7)11/h7-8H,1-6H2. The average Bonchev–Trinajstić information content (AvgIpc) is 2.29. The molecule has 64 valence electrons. The summed E-state index contributed by atoms with van der Waals surface area (Å²) in [5, 5.41) is 0.144. The van der Waals surface area contributed by atoms with Gasteiger partial charge in [-0.15, -0.1) is 0 Å². The highest BCUT2D eigenvalue weighted by atomic mass is 32.2. The molecule has 1 heterocycles. The summed E-state index contributed by atoms with van der Waals surface area (Å²) in [6.07, 6.45) is 6.60. The molecule has 2 nitrogen and oxygen atoms in total. The first-order valence-corrected chi connectivity index (χ1v) is 6.06. The normalized spacial score (nSPS) is 41.8. The predicted molar refractivity (Wildman–Crippen MR) is 44.2 cm³/mol. The highest BCUT2D eigenvalue weighted by Gasteiger charge is 2.55. The van der Waals surface area contributed by atoms with Gasteiger partial charge in [0.2, 0.25) is 0 Å². The maximum absolute atomic E-state index is 11.2. The molecule has 2 rings (SSSR count). The molecular weight excluding hydrogens is 160 g/mol.